The molecule has 3 aromatic rings. The first-order valence-electron chi connectivity index (χ1n) is 12.6. The summed E-state index contributed by atoms with van der Waals surface area (Å²) in [6, 6.07) is 16.7. The van der Waals surface area contributed by atoms with Crippen molar-refractivity contribution >= 4 is 40.4 Å². The number of hydrogen-bond acceptors (Lipinski definition) is 3. The largest absolute Gasteiger partial charge is 0.338 e. The van der Waals surface area contributed by atoms with Crippen LogP contribution in [0.25, 0.3) is 0 Å². The van der Waals surface area contributed by atoms with Gasteiger partial charge in [-0.2, -0.15) is 11.3 Å². The Balaban J connectivity index is 1.28. The molecule has 35 heavy (non-hydrogen) atoms. The van der Waals surface area contributed by atoms with Crippen molar-refractivity contribution in [3.05, 3.63) is 91.6 Å². The van der Waals surface area contributed by atoms with Gasteiger partial charge in [0, 0.05) is 19.0 Å². The predicted molar refractivity (Wildman–Crippen MR) is 145 cm³/mol. The van der Waals surface area contributed by atoms with Crippen LogP contribution in [-0.2, 0) is 5.41 Å². The fourth-order valence-electron chi connectivity index (χ4n) is 6.96. The van der Waals surface area contributed by atoms with Crippen molar-refractivity contribution in [2.24, 2.45) is 5.92 Å². The van der Waals surface area contributed by atoms with Gasteiger partial charge in [0.2, 0.25) is 0 Å². The smallest absolute Gasteiger partial charge is 0.255 e. The van der Waals surface area contributed by atoms with E-state index in [0.29, 0.717) is 38.8 Å². The number of fused-ring (bicyclic) bond motifs is 2. The summed E-state index contributed by atoms with van der Waals surface area (Å²) >= 11 is 14.4. The minimum atomic E-state index is -0.0122. The van der Waals surface area contributed by atoms with Crippen LogP contribution in [0.15, 0.2) is 59.3 Å². The minimum absolute atomic E-state index is 0.0122. The van der Waals surface area contributed by atoms with E-state index in [1.807, 2.05) is 4.90 Å². The highest BCUT2D eigenvalue weighted by Gasteiger charge is 2.46. The highest BCUT2D eigenvalue weighted by Crippen LogP contribution is 2.54. The maximum absolute atomic E-state index is 13.5. The van der Waals surface area contributed by atoms with Crippen molar-refractivity contribution in [3.63, 3.8) is 0 Å². The molecule has 1 aromatic heterocycles. The second-order valence-electron chi connectivity index (χ2n) is 10.5. The lowest BCUT2D eigenvalue weighted by atomic mass is 9.73. The molecule has 1 aliphatic carbocycles. The molecule has 2 aliphatic heterocycles. The van der Waals surface area contributed by atoms with Crippen LogP contribution < -0.4 is 5.32 Å². The molecule has 3 atom stereocenters. The van der Waals surface area contributed by atoms with E-state index in [-0.39, 0.29) is 5.91 Å². The van der Waals surface area contributed by atoms with Crippen molar-refractivity contribution in [3.8, 4) is 0 Å². The Labute approximate surface area is 221 Å². The van der Waals surface area contributed by atoms with Gasteiger partial charge in [-0.15, -0.1) is 0 Å². The number of rotatable bonds is 4. The van der Waals surface area contributed by atoms with Crippen LogP contribution in [0.1, 0.15) is 64.6 Å². The summed E-state index contributed by atoms with van der Waals surface area (Å²) in [4.78, 5) is 15.5. The first-order chi connectivity index (χ1) is 17.1. The second-order valence-corrected chi connectivity index (χ2v) is 12.1. The zero-order valence-corrected chi connectivity index (χ0v) is 22.0. The summed E-state index contributed by atoms with van der Waals surface area (Å²) in [5, 5.41) is 8.75. The van der Waals surface area contributed by atoms with Crippen LogP contribution in [0, 0.1) is 5.92 Å². The number of carbonyl (C=O) groups excluding carboxylic acids is 1. The topological polar surface area (TPSA) is 32.3 Å². The number of benzene rings is 2. The van der Waals surface area contributed by atoms with Crippen LogP contribution in [-0.4, -0.2) is 37.0 Å². The van der Waals surface area contributed by atoms with Gasteiger partial charge in [-0.3, -0.25) is 4.79 Å². The number of likely N-dealkylation sites (tertiary alicyclic amines) is 1. The zero-order chi connectivity index (χ0) is 24.0. The van der Waals surface area contributed by atoms with Crippen LogP contribution in [0.3, 0.4) is 0 Å². The zero-order valence-electron chi connectivity index (χ0n) is 19.7. The van der Waals surface area contributed by atoms with Gasteiger partial charge in [-0.05, 0) is 102 Å². The highest BCUT2D eigenvalue weighted by atomic mass is 35.5. The van der Waals surface area contributed by atoms with Crippen molar-refractivity contribution in [2.75, 3.05) is 26.2 Å². The highest BCUT2D eigenvalue weighted by molar-refractivity contribution is 7.08. The molecule has 0 saturated carbocycles. The lowest BCUT2D eigenvalue weighted by Crippen LogP contribution is -2.38. The average Bonchev–Trinajstić information content (AvgIpc) is 3.61. The molecule has 3 heterocycles. The molecule has 2 aromatic carbocycles. The summed E-state index contributed by atoms with van der Waals surface area (Å²) in [5.74, 6) is 1.29. The van der Waals surface area contributed by atoms with Crippen molar-refractivity contribution in [1.29, 1.82) is 0 Å². The van der Waals surface area contributed by atoms with Crippen molar-refractivity contribution in [1.82, 2.24) is 10.2 Å². The fraction of sp³-hybridized carbons (Fsp3) is 0.414. The molecule has 182 valence electrons. The van der Waals surface area contributed by atoms with E-state index in [0.717, 1.165) is 32.6 Å². The maximum Gasteiger partial charge on any atom is 0.255 e. The van der Waals surface area contributed by atoms with Gasteiger partial charge >= 0.3 is 0 Å². The van der Waals surface area contributed by atoms with Crippen LogP contribution in [0.2, 0.25) is 10.0 Å². The van der Waals surface area contributed by atoms with Gasteiger partial charge in [-0.25, -0.2) is 0 Å². The lowest BCUT2D eigenvalue weighted by molar-refractivity contribution is 0.0785. The SMILES string of the molecule is O=C(c1cccc(Cl)c1Cl)N1CC(CC2CC3(CCNCC3)c3ccccc32)C(c2ccsc2)C1. The average molecular weight is 526 g/mol. The van der Waals surface area contributed by atoms with E-state index in [1.165, 1.54) is 24.8 Å². The molecule has 2 fully saturated rings. The monoisotopic (exact) mass is 524 g/mol. The molecule has 3 nitrogen and oxygen atoms in total. The van der Waals surface area contributed by atoms with E-state index in [9.17, 15) is 4.79 Å². The Morgan fingerprint density at radius 3 is 2.69 bits per heavy atom. The number of amides is 1. The van der Waals surface area contributed by atoms with Crippen molar-refractivity contribution in [2.45, 2.75) is 42.9 Å². The third-order valence-electron chi connectivity index (χ3n) is 8.64. The number of nitrogens with zero attached hydrogens (tertiary/aromatic N) is 1. The fourth-order valence-corrected chi connectivity index (χ4v) is 8.07. The first-order valence-corrected chi connectivity index (χ1v) is 14.3. The molecule has 1 spiro atoms. The predicted octanol–water partition coefficient (Wildman–Crippen LogP) is 7.11. The summed E-state index contributed by atoms with van der Waals surface area (Å²) in [6.45, 7) is 3.69. The van der Waals surface area contributed by atoms with Gasteiger partial charge in [0.25, 0.3) is 5.91 Å². The molecule has 6 heteroatoms. The second kappa shape index (κ2) is 9.55. The minimum Gasteiger partial charge on any atom is -0.338 e. The normalized spacial score (nSPS) is 25.2. The molecular weight excluding hydrogens is 495 g/mol. The van der Waals surface area contributed by atoms with Gasteiger partial charge < -0.3 is 10.2 Å². The van der Waals surface area contributed by atoms with E-state index < -0.39 is 0 Å². The molecule has 0 bridgehead atoms. The number of hydrogen-bond donors (Lipinski definition) is 1. The standard InChI is InChI=1S/C29H30Cl2N2OS/c30-26-7-3-5-23(27(26)31)28(34)33-16-21(24(17-33)19-8-13-35-18-19)14-20-15-29(9-11-32-12-10-29)25-6-2-1-4-22(20)25/h1-8,13,18,20-21,24,32H,9-12,14-17H2. The number of halogens is 2. The maximum atomic E-state index is 13.5. The molecule has 2 saturated heterocycles. The first kappa shape index (κ1) is 23.5. The molecule has 0 radical (unpaired) electrons. The van der Waals surface area contributed by atoms with Gasteiger partial charge in [0.05, 0.1) is 15.6 Å². The van der Waals surface area contributed by atoms with Crippen LogP contribution in [0.5, 0.6) is 0 Å². The number of thiophene rings is 1. The Bertz CT molecular complexity index is 1220. The van der Waals surface area contributed by atoms with Gasteiger partial charge in [-0.1, -0.05) is 53.5 Å². The summed E-state index contributed by atoms with van der Waals surface area (Å²) < 4.78 is 0. The third kappa shape index (κ3) is 4.23. The van der Waals surface area contributed by atoms with Gasteiger partial charge in [0.1, 0.15) is 0 Å². The van der Waals surface area contributed by atoms with E-state index >= 15 is 0 Å². The number of piperidine rings is 1. The Hall–Kier alpha value is -1.85. The van der Waals surface area contributed by atoms with Crippen molar-refractivity contribution < 1.29 is 4.79 Å². The molecule has 3 unspecified atom stereocenters. The van der Waals surface area contributed by atoms with Crippen LogP contribution in [0.4, 0.5) is 0 Å². The molecule has 1 N–H and O–H groups in total. The Morgan fingerprint density at radius 2 is 1.89 bits per heavy atom. The van der Waals surface area contributed by atoms with Crippen LogP contribution >= 0.6 is 34.5 Å². The Kier molecular flexibility index (Phi) is 6.42. The third-order valence-corrected chi connectivity index (χ3v) is 10.2. The quantitative estimate of drug-likeness (QED) is 0.394. The molecule has 1 amide bonds. The summed E-state index contributed by atoms with van der Waals surface area (Å²) in [7, 11) is 0. The summed E-state index contributed by atoms with van der Waals surface area (Å²) in [5.41, 5.74) is 5.29. The Morgan fingerprint density at radius 1 is 1.06 bits per heavy atom. The molecule has 6 rings (SSSR count). The van der Waals surface area contributed by atoms with E-state index in [1.54, 1.807) is 40.7 Å². The number of carbonyl (C=O) groups is 1. The lowest BCUT2D eigenvalue weighted by Gasteiger charge is -2.35. The van der Waals surface area contributed by atoms with E-state index in [2.05, 4.69) is 46.4 Å². The molecular formula is C29H30Cl2N2OS. The summed E-state index contributed by atoms with van der Waals surface area (Å²) in [6.07, 6.45) is 4.78. The molecule has 3 aliphatic rings. The number of nitrogens with one attached hydrogen (secondary N) is 1. The van der Waals surface area contributed by atoms with Gasteiger partial charge in [0.15, 0.2) is 0 Å². The van der Waals surface area contributed by atoms with E-state index in [4.69, 9.17) is 23.2 Å².